The predicted molar refractivity (Wildman–Crippen MR) is 87.9 cm³/mol. The molecular weight excluding hydrogens is 327 g/mol. The van der Waals surface area contributed by atoms with Crippen molar-refractivity contribution in [2.45, 2.75) is 0 Å². The molecule has 3 aromatic rings. The summed E-state index contributed by atoms with van der Waals surface area (Å²) in [5.41, 5.74) is 0. The molecular formula is C18H16O2PTi. The molecule has 0 unspecified atom stereocenters. The Morgan fingerprint density at radius 2 is 0.773 bits per heavy atom. The Labute approximate surface area is 136 Å². The van der Waals surface area contributed by atoms with Gasteiger partial charge < -0.3 is 0 Å². The van der Waals surface area contributed by atoms with Gasteiger partial charge >= 0.3 is 136 Å². The monoisotopic (exact) mass is 343 g/mol. The third-order valence-electron chi connectivity index (χ3n) is 3.93. The minimum atomic E-state index is -3.77. The van der Waals surface area contributed by atoms with Crippen molar-refractivity contribution in [3.05, 3.63) is 91.0 Å². The van der Waals surface area contributed by atoms with Crippen LogP contribution in [0.25, 0.3) is 0 Å². The van der Waals surface area contributed by atoms with Gasteiger partial charge in [0.15, 0.2) is 0 Å². The van der Waals surface area contributed by atoms with Crippen LogP contribution in [-0.2, 0) is 23.9 Å². The second kappa shape index (κ2) is 6.66. The van der Waals surface area contributed by atoms with Crippen LogP contribution in [0.1, 0.15) is 0 Å². The molecule has 0 radical (unpaired) electrons. The molecule has 0 amide bonds. The molecule has 0 saturated heterocycles. The summed E-state index contributed by atoms with van der Waals surface area (Å²) in [4.78, 5) is 0. The second-order valence-corrected chi connectivity index (χ2v) is 14.5. The molecule has 3 aromatic carbocycles. The average molecular weight is 343 g/mol. The molecule has 2 nitrogen and oxygen atoms in total. The standard InChI is InChI=1S/C18H15P.2O.Ti/c1-4-10-16(11-5-1)19(17-12-6-2-7-13-17)18-14-8-3-9-15-18;;;/h1-15H;;;/q;;;-1/p+1. The van der Waals surface area contributed by atoms with Gasteiger partial charge in [0.25, 0.3) is 0 Å². The molecule has 109 valence electrons. The van der Waals surface area contributed by atoms with Crippen LogP contribution in [0.15, 0.2) is 91.0 Å². The molecule has 4 heteroatoms. The van der Waals surface area contributed by atoms with E-state index in [4.69, 9.17) is 0 Å². The normalized spacial score (nSPS) is 11.8. The third-order valence-corrected chi connectivity index (χ3v) is 15.1. The Kier molecular flexibility index (Phi) is 4.64. The molecule has 0 atom stereocenters. The maximum atomic E-state index is 12.6. The first-order valence-corrected chi connectivity index (χ1v) is 12.8. The van der Waals surface area contributed by atoms with Crippen LogP contribution in [0.3, 0.4) is 0 Å². The van der Waals surface area contributed by atoms with Crippen molar-refractivity contribution in [2.75, 3.05) is 0 Å². The fourth-order valence-corrected chi connectivity index (χ4v) is 12.4. The second-order valence-electron chi connectivity index (χ2n) is 5.14. The van der Waals surface area contributed by atoms with Crippen LogP contribution in [0, 0.1) is 0 Å². The molecule has 22 heavy (non-hydrogen) atoms. The maximum absolute atomic E-state index is 12.6. The summed E-state index contributed by atoms with van der Waals surface area (Å²) in [6.07, 6.45) is 0. The molecule has 0 aliphatic heterocycles. The Morgan fingerprint density at radius 3 is 1.00 bits per heavy atom. The summed E-state index contributed by atoms with van der Waals surface area (Å²) in [5, 5.41) is -0.133. The van der Waals surface area contributed by atoms with Crippen LogP contribution in [0.4, 0.5) is 0 Å². The summed E-state index contributed by atoms with van der Waals surface area (Å²) >= 11 is -3.77. The van der Waals surface area contributed by atoms with E-state index in [9.17, 15) is 6.65 Å². The quantitative estimate of drug-likeness (QED) is 0.539. The molecule has 0 aliphatic rings. The van der Waals surface area contributed by atoms with E-state index in [-0.39, 0.29) is 0 Å². The molecule has 0 heterocycles. The van der Waals surface area contributed by atoms with Crippen molar-refractivity contribution in [1.29, 1.82) is 0 Å². The zero-order valence-electron chi connectivity index (χ0n) is 12.0. The average Bonchev–Trinajstić information content (AvgIpc) is 2.58. The first-order chi connectivity index (χ1) is 10.8. The zero-order valence-corrected chi connectivity index (χ0v) is 14.5. The van der Waals surface area contributed by atoms with E-state index in [1.165, 1.54) is 0 Å². The minimum absolute atomic E-state index is 0.937. The SMILES string of the molecule is [O]=[Ti](=[O])[PH](c1ccccc1)(c1ccccc1)c1ccccc1. The van der Waals surface area contributed by atoms with Crippen LogP contribution >= 0.6 is 5.25 Å². The fourth-order valence-electron chi connectivity index (χ4n) is 2.92. The van der Waals surface area contributed by atoms with Gasteiger partial charge in [-0.25, -0.2) is 0 Å². The Hall–Kier alpha value is -1.60. The van der Waals surface area contributed by atoms with Crippen molar-refractivity contribution in [3.63, 3.8) is 0 Å². The fraction of sp³-hybridized carbons (Fsp3) is 0. The van der Waals surface area contributed by atoms with Crippen molar-refractivity contribution in [3.8, 4) is 0 Å². The van der Waals surface area contributed by atoms with Crippen molar-refractivity contribution < 1.29 is 23.9 Å². The molecule has 0 spiro atoms. The molecule has 0 N–H and O–H groups in total. The Morgan fingerprint density at radius 1 is 0.500 bits per heavy atom. The van der Waals surface area contributed by atoms with E-state index in [1.54, 1.807) is 0 Å². The Balaban J connectivity index is 2.40. The van der Waals surface area contributed by atoms with Gasteiger partial charge in [0.2, 0.25) is 0 Å². The van der Waals surface area contributed by atoms with Gasteiger partial charge in [-0.3, -0.25) is 0 Å². The van der Waals surface area contributed by atoms with E-state index in [0.29, 0.717) is 0 Å². The first kappa shape index (κ1) is 15.3. The van der Waals surface area contributed by atoms with Crippen LogP contribution in [-0.4, -0.2) is 0 Å². The summed E-state index contributed by atoms with van der Waals surface area (Å²) in [6, 6.07) is 29.0. The molecule has 0 fully saturated rings. The topological polar surface area (TPSA) is 34.1 Å². The number of rotatable bonds is 4. The Bertz CT molecular complexity index is 711. The molecule has 0 bridgehead atoms. The van der Waals surface area contributed by atoms with E-state index in [2.05, 4.69) is 0 Å². The van der Waals surface area contributed by atoms with Gasteiger partial charge in [-0.05, 0) is 0 Å². The van der Waals surface area contributed by atoms with Crippen molar-refractivity contribution in [1.82, 2.24) is 0 Å². The van der Waals surface area contributed by atoms with Gasteiger partial charge in [-0.15, -0.1) is 0 Å². The zero-order chi connectivity index (χ0) is 15.4. The van der Waals surface area contributed by atoms with Gasteiger partial charge in [-0.2, -0.15) is 0 Å². The number of hydrogen-bond acceptors (Lipinski definition) is 2. The summed E-state index contributed by atoms with van der Waals surface area (Å²) in [7, 11) is 0. The van der Waals surface area contributed by atoms with E-state index in [0.717, 1.165) is 15.9 Å². The van der Waals surface area contributed by atoms with E-state index < -0.39 is 22.5 Å². The van der Waals surface area contributed by atoms with Crippen molar-refractivity contribution >= 4 is 21.2 Å². The summed E-state index contributed by atoms with van der Waals surface area (Å²) < 4.78 is 25.2. The van der Waals surface area contributed by atoms with Crippen LogP contribution in [0.5, 0.6) is 0 Å². The van der Waals surface area contributed by atoms with Gasteiger partial charge in [0.05, 0.1) is 0 Å². The molecule has 0 aromatic heterocycles. The van der Waals surface area contributed by atoms with E-state index in [1.807, 2.05) is 91.0 Å². The number of hydrogen-bond donors (Lipinski definition) is 0. The van der Waals surface area contributed by atoms with E-state index >= 15 is 0 Å². The molecule has 3 rings (SSSR count). The summed E-state index contributed by atoms with van der Waals surface area (Å²) in [5.74, 6) is 0. The van der Waals surface area contributed by atoms with Crippen LogP contribution < -0.4 is 15.9 Å². The van der Waals surface area contributed by atoms with Gasteiger partial charge in [0, 0.05) is 0 Å². The predicted octanol–water partition coefficient (Wildman–Crippen LogP) is 2.94. The molecule has 0 aliphatic carbocycles. The van der Waals surface area contributed by atoms with Gasteiger partial charge in [-0.1, -0.05) is 0 Å². The first-order valence-electron chi connectivity index (χ1n) is 7.14. The van der Waals surface area contributed by atoms with Gasteiger partial charge in [0.1, 0.15) is 0 Å². The third kappa shape index (κ3) is 2.59. The number of benzene rings is 3. The summed E-state index contributed by atoms with van der Waals surface area (Å²) in [6.45, 7) is 0. The van der Waals surface area contributed by atoms with Crippen LogP contribution in [0.2, 0.25) is 0 Å². The van der Waals surface area contributed by atoms with Crippen molar-refractivity contribution in [2.24, 2.45) is 0 Å². The molecule has 0 saturated carbocycles.